The minimum atomic E-state index is 0.0582. The normalized spacial score (nSPS) is 25.3. The Morgan fingerprint density at radius 3 is 2.54 bits per heavy atom. The quantitative estimate of drug-likeness (QED) is 0.829. The van der Waals surface area contributed by atoms with Crippen LogP contribution in [-0.4, -0.2) is 69.7 Å². The van der Waals surface area contributed by atoms with Crippen LogP contribution >= 0.6 is 0 Å². The number of rotatable bonds is 4. The van der Waals surface area contributed by atoms with Crippen LogP contribution in [0.4, 0.5) is 5.69 Å². The van der Waals surface area contributed by atoms with Crippen LogP contribution < -0.4 is 9.64 Å². The molecule has 0 aliphatic carbocycles. The van der Waals surface area contributed by atoms with Crippen molar-refractivity contribution in [1.29, 1.82) is 5.26 Å². The van der Waals surface area contributed by atoms with E-state index in [0.717, 1.165) is 58.1 Å². The number of hydrogen-bond acceptors (Lipinski definition) is 6. The van der Waals surface area contributed by atoms with Crippen molar-refractivity contribution in [3.05, 3.63) is 23.8 Å². The van der Waals surface area contributed by atoms with Gasteiger partial charge >= 0.3 is 0 Å². The molecule has 1 atom stereocenters. The SMILES string of the molecule is N#Cc1ccc(N2CCN(C3COC3)CC2)cc1OC1CCOC1. The van der Waals surface area contributed by atoms with E-state index in [1.165, 1.54) is 0 Å². The third kappa shape index (κ3) is 3.20. The highest BCUT2D eigenvalue weighted by Gasteiger charge is 2.29. The standard InChI is InChI=1S/C18H23N3O3/c19-10-14-1-2-15(9-18(14)24-17-3-8-22-13-17)20-4-6-21(7-5-20)16-11-23-12-16/h1-2,9,16-17H,3-8,11-13H2. The van der Waals surface area contributed by atoms with Crippen molar-refractivity contribution in [3.8, 4) is 11.8 Å². The predicted molar refractivity (Wildman–Crippen MR) is 89.4 cm³/mol. The second-order valence-electron chi connectivity index (χ2n) is 6.61. The van der Waals surface area contributed by atoms with Crippen molar-refractivity contribution in [3.63, 3.8) is 0 Å². The van der Waals surface area contributed by atoms with E-state index < -0.39 is 0 Å². The summed E-state index contributed by atoms with van der Waals surface area (Å²) in [4.78, 5) is 4.88. The first kappa shape index (κ1) is 15.7. The van der Waals surface area contributed by atoms with E-state index in [0.29, 0.717) is 24.0 Å². The lowest BCUT2D eigenvalue weighted by molar-refractivity contribution is -0.0660. The van der Waals surface area contributed by atoms with Crippen LogP contribution in [0.2, 0.25) is 0 Å². The Morgan fingerprint density at radius 1 is 1.08 bits per heavy atom. The monoisotopic (exact) mass is 329 g/mol. The molecule has 0 aromatic heterocycles. The van der Waals surface area contributed by atoms with Gasteiger partial charge in [0.25, 0.3) is 0 Å². The molecular weight excluding hydrogens is 306 g/mol. The zero-order chi connectivity index (χ0) is 16.4. The number of hydrogen-bond donors (Lipinski definition) is 0. The number of ether oxygens (including phenoxy) is 3. The van der Waals surface area contributed by atoms with Gasteiger partial charge in [0.15, 0.2) is 0 Å². The molecule has 3 saturated heterocycles. The second-order valence-corrected chi connectivity index (χ2v) is 6.61. The summed E-state index contributed by atoms with van der Waals surface area (Å²) in [6.45, 7) is 7.19. The third-order valence-electron chi connectivity index (χ3n) is 5.08. The van der Waals surface area contributed by atoms with E-state index >= 15 is 0 Å². The Kier molecular flexibility index (Phi) is 4.56. The molecule has 0 amide bonds. The van der Waals surface area contributed by atoms with Crippen molar-refractivity contribution < 1.29 is 14.2 Å². The Labute approximate surface area is 142 Å². The zero-order valence-corrected chi connectivity index (χ0v) is 13.8. The molecule has 3 aliphatic rings. The maximum absolute atomic E-state index is 9.33. The molecule has 0 N–H and O–H groups in total. The summed E-state index contributed by atoms with van der Waals surface area (Å²) in [6, 6.07) is 8.74. The van der Waals surface area contributed by atoms with E-state index in [-0.39, 0.29) is 6.10 Å². The molecule has 3 heterocycles. The van der Waals surface area contributed by atoms with Crippen LogP contribution in [0.25, 0.3) is 0 Å². The van der Waals surface area contributed by atoms with Crippen LogP contribution in [0.3, 0.4) is 0 Å². The Bertz CT molecular complexity index is 612. The first-order valence-corrected chi connectivity index (χ1v) is 8.69. The molecule has 0 spiro atoms. The maximum atomic E-state index is 9.33. The van der Waals surface area contributed by atoms with Crippen molar-refractivity contribution in [2.45, 2.75) is 18.6 Å². The number of nitrogens with zero attached hydrogens (tertiary/aromatic N) is 3. The smallest absolute Gasteiger partial charge is 0.139 e. The number of anilines is 1. The van der Waals surface area contributed by atoms with Gasteiger partial charge in [-0.25, -0.2) is 0 Å². The van der Waals surface area contributed by atoms with Gasteiger partial charge in [0.05, 0.1) is 38.0 Å². The maximum Gasteiger partial charge on any atom is 0.139 e. The van der Waals surface area contributed by atoms with Crippen LogP contribution in [0.5, 0.6) is 5.75 Å². The highest BCUT2D eigenvalue weighted by molar-refractivity contribution is 5.57. The minimum Gasteiger partial charge on any atom is -0.486 e. The fourth-order valence-corrected chi connectivity index (χ4v) is 3.46. The minimum absolute atomic E-state index is 0.0582. The molecule has 0 saturated carbocycles. The molecule has 3 fully saturated rings. The van der Waals surface area contributed by atoms with Gasteiger partial charge in [-0.2, -0.15) is 5.26 Å². The second kappa shape index (κ2) is 6.98. The van der Waals surface area contributed by atoms with Gasteiger partial charge in [-0.3, -0.25) is 4.90 Å². The predicted octanol–water partition coefficient (Wildman–Crippen LogP) is 1.25. The van der Waals surface area contributed by atoms with Gasteiger partial charge in [-0.05, 0) is 12.1 Å². The molecule has 1 unspecified atom stereocenters. The molecule has 0 radical (unpaired) electrons. The molecule has 3 aliphatic heterocycles. The Hall–Kier alpha value is -1.81. The highest BCUT2D eigenvalue weighted by atomic mass is 16.5. The van der Waals surface area contributed by atoms with Gasteiger partial charge in [0.2, 0.25) is 0 Å². The van der Waals surface area contributed by atoms with Gasteiger partial charge in [0.1, 0.15) is 17.9 Å². The van der Waals surface area contributed by atoms with Gasteiger partial charge < -0.3 is 19.1 Å². The van der Waals surface area contributed by atoms with E-state index in [9.17, 15) is 5.26 Å². The molecule has 24 heavy (non-hydrogen) atoms. The number of piperazine rings is 1. The van der Waals surface area contributed by atoms with Crippen molar-refractivity contribution >= 4 is 5.69 Å². The van der Waals surface area contributed by atoms with E-state index in [1.54, 1.807) is 0 Å². The molecule has 1 aromatic carbocycles. The summed E-state index contributed by atoms with van der Waals surface area (Å²) in [6.07, 6.45) is 0.944. The van der Waals surface area contributed by atoms with Gasteiger partial charge in [0, 0.05) is 44.4 Å². The summed E-state index contributed by atoms with van der Waals surface area (Å²) in [5, 5.41) is 9.33. The fraction of sp³-hybridized carbons (Fsp3) is 0.611. The van der Waals surface area contributed by atoms with E-state index in [2.05, 4.69) is 15.9 Å². The average Bonchev–Trinajstić information content (AvgIpc) is 3.07. The Morgan fingerprint density at radius 2 is 1.92 bits per heavy atom. The van der Waals surface area contributed by atoms with Crippen LogP contribution in [0.1, 0.15) is 12.0 Å². The van der Waals surface area contributed by atoms with Crippen molar-refractivity contribution in [2.24, 2.45) is 0 Å². The van der Waals surface area contributed by atoms with Gasteiger partial charge in [-0.15, -0.1) is 0 Å². The van der Waals surface area contributed by atoms with Gasteiger partial charge in [-0.1, -0.05) is 0 Å². The largest absolute Gasteiger partial charge is 0.486 e. The molecule has 6 heteroatoms. The Balaban J connectivity index is 1.44. The van der Waals surface area contributed by atoms with Crippen LogP contribution in [-0.2, 0) is 9.47 Å². The summed E-state index contributed by atoms with van der Waals surface area (Å²) >= 11 is 0. The first-order valence-electron chi connectivity index (χ1n) is 8.69. The molecular formula is C18H23N3O3. The lowest BCUT2D eigenvalue weighted by Gasteiger charge is -2.43. The lowest BCUT2D eigenvalue weighted by atomic mass is 10.1. The lowest BCUT2D eigenvalue weighted by Crippen LogP contribution is -2.56. The highest BCUT2D eigenvalue weighted by Crippen LogP contribution is 2.28. The molecule has 6 nitrogen and oxygen atoms in total. The third-order valence-corrected chi connectivity index (χ3v) is 5.08. The summed E-state index contributed by atoms with van der Waals surface area (Å²) in [5.74, 6) is 0.681. The number of benzene rings is 1. The number of nitriles is 1. The summed E-state index contributed by atoms with van der Waals surface area (Å²) < 4.78 is 16.7. The van der Waals surface area contributed by atoms with Crippen LogP contribution in [0, 0.1) is 11.3 Å². The summed E-state index contributed by atoms with van der Waals surface area (Å²) in [5.41, 5.74) is 1.73. The fourth-order valence-electron chi connectivity index (χ4n) is 3.46. The molecule has 0 bridgehead atoms. The topological polar surface area (TPSA) is 58.0 Å². The van der Waals surface area contributed by atoms with E-state index in [4.69, 9.17) is 14.2 Å². The van der Waals surface area contributed by atoms with Crippen molar-refractivity contribution in [2.75, 3.05) is 57.5 Å². The summed E-state index contributed by atoms with van der Waals surface area (Å²) in [7, 11) is 0. The average molecular weight is 329 g/mol. The zero-order valence-electron chi connectivity index (χ0n) is 13.8. The molecule has 4 rings (SSSR count). The van der Waals surface area contributed by atoms with E-state index in [1.807, 2.05) is 18.2 Å². The van der Waals surface area contributed by atoms with Crippen molar-refractivity contribution in [1.82, 2.24) is 4.90 Å². The molecule has 1 aromatic rings. The van der Waals surface area contributed by atoms with Crippen LogP contribution in [0.15, 0.2) is 18.2 Å². The molecule has 128 valence electrons. The first-order chi connectivity index (χ1) is 11.8.